The normalized spacial score (nSPS) is 11.4. The monoisotopic (exact) mass is 360 g/mol. The summed E-state index contributed by atoms with van der Waals surface area (Å²) in [6, 6.07) is 4.49. The Morgan fingerprint density at radius 2 is 2.05 bits per heavy atom. The molecule has 0 aliphatic heterocycles. The number of aromatic nitrogens is 1. The second kappa shape index (κ2) is 5.45. The van der Waals surface area contributed by atoms with Gasteiger partial charge >= 0.3 is 0 Å². The highest BCUT2D eigenvalue weighted by Gasteiger charge is 2.20. The van der Waals surface area contributed by atoms with Crippen molar-refractivity contribution in [3.05, 3.63) is 33.9 Å². The lowest BCUT2D eigenvalue weighted by Crippen LogP contribution is -2.13. The van der Waals surface area contributed by atoms with Gasteiger partial charge in [-0.3, -0.25) is 0 Å². The molecule has 0 saturated heterocycles. The van der Waals surface area contributed by atoms with Crippen molar-refractivity contribution >= 4 is 31.8 Å². The number of nitrogens with zero attached hydrogens (tertiary/aromatic N) is 1. The Hall–Kier alpha value is -1.54. The van der Waals surface area contributed by atoms with Gasteiger partial charge in [-0.25, -0.2) is 13.1 Å². The van der Waals surface area contributed by atoms with E-state index in [0.29, 0.717) is 21.5 Å². The van der Waals surface area contributed by atoms with Gasteiger partial charge in [0.05, 0.1) is 22.2 Å². The number of methoxy groups -OCH3 is 1. The fraction of sp³-hybridized carbons (Fsp3) is 0.250. The van der Waals surface area contributed by atoms with Crippen molar-refractivity contribution in [2.24, 2.45) is 0 Å². The van der Waals surface area contributed by atoms with E-state index in [9.17, 15) is 8.42 Å². The summed E-state index contributed by atoms with van der Waals surface area (Å²) < 4.78 is 37.6. The van der Waals surface area contributed by atoms with Crippen molar-refractivity contribution < 1.29 is 17.7 Å². The lowest BCUT2D eigenvalue weighted by Gasteiger charge is -2.08. The van der Waals surface area contributed by atoms with Gasteiger partial charge in [0.15, 0.2) is 0 Å². The van der Waals surface area contributed by atoms with Gasteiger partial charge in [-0.15, -0.1) is 0 Å². The van der Waals surface area contributed by atoms with E-state index in [2.05, 4.69) is 25.8 Å². The van der Waals surface area contributed by atoms with Crippen LogP contribution in [0.2, 0.25) is 0 Å². The maximum absolute atomic E-state index is 12.3. The molecule has 0 spiro atoms. The maximum Gasteiger partial charge on any atom is 0.264 e. The van der Waals surface area contributed by atoms with Crippen LogP contribution in [0.3, 0.4) is 0 Å². The van der Waals surface area contributed by atoms with Crippen LogP contribution in [0.4, 0.5) is 5.88 Å². The summed E-state index contributed by atoms with van der Waals surface area (Å²) >= 11 is 3.27. The van der Waals surface area contributed by atoms with Crippen LogP contribution in [0.1, 0.15) is 11.3 Å². The summed E-state index contributed by atoms with van der Waals surface area (Å²) in [5, 5.41) is 3.71. The molecule has 20 heavy (non-hydrogen) atoms. The number of sulfonamides is 1. The van der Waals surface area contributed by atoms with E-state index in [-0.39, 0.29) is 10.8 Å². The Morgan fingerprint density at radius 1 is 1.35 bits per heavy atom. The molecule has 1 N–H and O–H groups in total. The molecule has 0 aliphatic carbocycles. The summed E-state index contributed by atoms with van der Waals surface area (Å²) in [6.45, 7) is 3.46. The lowest BCUT2D eigenvalue weighted by atomic mass is 10.3. The van der Waals surface area contributed by atoms with Crippen LogP contribution in [0.15, 0.2) is 32.1 Å². The van der Waals surface area contributed by atoms with Gasteiger partial charge in [-0.05, 0) is 41.9 Å². The number of hydrogen-bond acceptors (Lipinski definition) is 5. The number of rotatable bonds is 4. The molecule has 0 fully saturated rings. The van der Waals surface area contributed by atoms with Crippen LogP contribution in [-0.4, -0.2) is 20.7 Å². The molecule has 8 heteroatoms. The molecule has 1 aromatic carbocycles. The zero-order valence-electron chi connectivity index (χ0n) is 11.1. The molecule has 1 heterocycles. The number of aryl methyl sites for hydroxylation is 1. The van der Waals surface area contributed by atoms with Crippen LogP contribution in [0.5, 0.6) is 5.75 Å². The Labute approximate surface area is 125 Å². The van der Waals surface area contributed by atoms with E-state index in [4.69, 9.17) is 9.26 Å². The molecule has 0 saturated carbocycles. The summed E-state index contributed by atoms with van der Waals surface area (Å²) in [6.07, 6.45) is 0. The minimum absolute atomic E-state index is 0.0750. The van der Waals surface area contributed by atoms with Crippen molar-refractivity contribution in [2.75, 3.05) is 11.8 Å². The van der Waals surface area contributed by atoms with Crippen LogP contribution in [-0.2, 0) is 10.0 Å². The SMILES string of the molecule is COc1cc(S(=O)(=O)Nc2onc(C)c2C)ccc1Br. The van der Waals surface area contributed by atoms with E-state index in [1.165, 1.54) is 19.2 Å². The number of benzene rings is 1. The maximum atomic E-state index is 12.3. The number of anilines is 1. The van der Waals surface area contributed by atoms with E-state index in [0.717, 1.165) is 0 Å². The minimum Gasteiger partial charge on any atom is -0.496 e. The summed E-state index contributed by atoms with van der Waals surface area (Å²) in [5.74, 6) is 0.544. The van der Waals surface area contributed by atoms with Crippen LogP contribution < -0.4 is 9.46 Å². The average molecular weight is 361 g/mol. The predicted molar refractivity (Wildman–Crippen MR) is 77.5 cm³/mol. The van der Waals surface area contributed by atoms with E-state index >= 15 is 0 Å². The smallest absolute Gasteiger partial charge is 0.264 e. The first-order valence-corrected chi connectivity index (χ1v) is 7.92. The van der Waals surface area contributed by atoms with Crippen molar-refractivity contribution in [2.45, 2.75) is 18.7 Å². The first-order valence-electron chi connectivity index (χ1n) is 5.64. The standard InChI is InChI=1S/C12H13BrN2O4S/c1-7-8(2)14-19-12(7)15-20(16,17)9-4-5-10(13)11(6-9)18-3/h4-6,15H,1-3H3. The molecule has 0 amide bonds. The number of nitrogens with one attached hydrogen (secondary N) is 1. The quantitative estimate of drug-likeness (QED) is 0.906. The fourth-order valence-electron chi connectivity index (χ4n) is 1.50. The van der Waals surface area contributed by atoms with Gasteiger partial charge in [0.25, 0.3) is 10.0 Å². The zero-order chi connectivity index (χ0) is 14.9. The summed E-state index contributed by atoms with van der Waals surface area (Å²) in [4.78, 5) is 0.0750. The largest absolute Gasteiger partial charge is 0.496 e. The van der Waals surface area contributed by atoms with Crippen molar-refractivity contribution in [3.8, 4) is 5.75 Å². The van der Waals surface area contributed by atoms with Gasteiger partial charge in [0.1, 0.15) is 5.75 Å². The summed E-state index contributed by atoms with van der Waals surface area (Å²) in [7, 11) is -2.29. The molecular weight excluding hydrogens is 348 g/mol. The van der Waals surface area contributed by atoms with Gasteiger partial charge < -0.3 is 9.26 Å². The molecule has 6 nitrogen and oxygen atoms in total. The Kier molecular flexibility index (Phi) is 4.05. The molecule has 0 bridgehead atoms. The first kappa shape index (κ1) is 14.9. The van der Waals surface area contributed by atoms with E-state index in [1.807, 2.05) is 0 Å². The van der Waals surface area contributed by atoms with Gasteiger partial charge in [-0.1, -0.05) is 5.16 Å². The number of hydrogen-bond donors (Lipinski definition) is 1. The number of ether oxygens (including phenoxy) is 1. The Bertz CT molecular complexity index is 740. The van der Waals surface area contributed by atoms with Crippen LogP contribution in [0, 0.1) is 13.8 Å². The highest BCUT2D eigenvalue weighted by Crippen LogP contribution is 2.29. The third-order valence-electron chi connectivity index (χ3n) is 2.82. The second-order valence-electron chi connectivity index (χ2n) is 4.12. The molecular formula is C12H13BrN2O4S. The minimum atomic E-state index is -3.76. The second-order valence-corrected chi connectivity index (χ2v) is 6.66. The molecule has 0 unspecified atom stereocenters. The van der Waals surface area contributed by atoms with Gasteiger partial charge in [0, 0.05) is 11.6 Å². The third kappa shape index (κ3) is 2.80. The predicted octanol–water partition coefficient (Wildman–Crippen LogP) is 2.86. The van der Waals surface area contributed by atoms with Crippen LogP contribution >= 0.6 is 15.9 Å². The molecule has 108 valence electrons. The molecule has 2 rings (SSSR count). The van der Waals surface area contributed by atoms with Crippen molar-refractivity contribution in [3.63, 3.8) is 0 Å². The molecule has 1 aromatic heterocycles. The van der Waals surface area contributed by atoms with Gasteiger partial charge in [0.2, 0.25) is 5.88 Å². The Morgan fingerprint density at radius 3 is 2.60 bits per heavy atom. The zero-order valence-corrected chi connectivity index (χ0v) is 13.5. The highest BCUT2D eigenvalue weighted by molar-refractivity contribution is 9.10. The third-order valence-corrected chi connectivity index (χ3v) is 4.80. The van der Waals surface area contributed by atoms with E-state index in [1.54, 1.807) is 19.9 Å². The molecule has 2 aromatic rings. The van der Waals surface area contributed by atoms with E-state index < -0.39 is 10.0 Å². The highest BCUT2D eigenvalue weighted by atomic mass is 79.9. The van der Waals surface area contributed by atoms with Gasteiger partial charge in [-0.2, -0.15) is 0 Å². The van der Waals surface area contributed by atoms with Crippen LogP contribution in [0.25, 0.3) is 0 Å². The summed E-state index contributed by atoms with van der Waals surface area (Å²) in [5.41, 5.74) is 1.29. The Balaban J connectivity index is 2.38. The average Bonchev–Trinajstić information content (AvgIpc) is 2.70. The topological polar surface area (TPSA) is 81.4 Å². The first-order chi connectivity index (χ1) is 9.35. The fourth-order valence-corrected chi connectivity index (χ4v) is 2.97. The molecule has 0 aliphatic rings. The van der Waals surface area contributed by atoms with Crippen molar-refractivity contribution in [1.82, 2.24) is 5.16 Å². The molecule has 0 atom stereocenters. The van der Waals surface area contributed by atoms with Crippen molar-refractivity contribution in [1.29, 1.82) is 0 Å². The number of halogens is 1. The molecule has 0 radical (unpaired) electrons. The lowest BCUT2D eigenvalue weighted by molar-refractivity contribution is 0.410.